The molecule has 5 rings (SSSR count). The number of fused-ring (bicyclic) bond motifs is 1. The second kappa shape index (κ2) is 8.59. The van der Waals surface area contributed by atoms with Gasteiger partial charge in [0.15, 0.2) is 0 Å². The first-order chi connectivity index (χ1) is 16.0. The van der Waals surface area contributed by atoms with Crippen LogP contribution < -0.4 is 10.9 Å². The lowest BCUT2D eigenvalue weighted by atomic mass is 10.1. The molecular formula is C24H22FN5O3. The summed E-state index contributed by atoms with van der Waals surface area (Å²) in [6, 6.07) is 9.66. The van der Waals surface area contributed by atoms with Crippen molar-refractivity contribution in [1.82, 2.24) is 24.6 Å². The number of amides is 1. The van der Waals surface area contributed by atoms with Crippen LogP contribution in [0.25, 0.3) is 22.2 Å². The molecule has 1 amide bonds. The molecule has 0 unspecified atom stereocenters. The van der Waals surface area contributed by atoms with Crippen LogP contribution in [-0.2, 0) is 18.3 Å². The van der Waals surface area contributed by atoms with Crippen LogP contribution in [0.1, 0.15) is 15.9 Å². The van der Waals surface area contributed by atoms with E-state index in [0.717, 1.165) is 11.1 Å². The Morgan fingerprint density at radius 3 is 2.82 bits per heavy atom. The number of hydrogen-bond acceptors (Lipinski definition) is 5. The van der Waals surface area contributed by atoms with E-state index in [2.05, 4.69) is 15.4 Å². The molecule has 1 aliphatic rings. The zero-order valence-electron chi connectivity index (χ0n) is 18.0. The van der Waals surface area contributed by atoms with Crippen molar-refractivity contribution in [1.29, 1.82) is 0 Å². The van der Waals surface area contributed by atoms with Crippen LogP contribution in [0, 0.1) is 11.7 Å². The number of rotatable bonds is 6. The number of carbonyl (C=O) groups excluding carboxylic acids is 1. The molecule has 0 radical (unpaired) electrons. The van der Waals surface area contributed by atoms with Crippen molar-refractivity contribution in [3.63, 3.8) is 0 Å². The van der Waals surface area contributed by atoms with Crippen LogP contribution >= 0.6 is 0 Å². The summed E-state index contributed by atoms with van der Waals surface area (Å²) in [5, 5.41) is 8.17. The smallest absolute Gasteiger partial charge is 0.260 e. The third kappa shape index (κ3) is 4.27. The van der Waals surface area contributed by atoms with Gasteiger partial charge in [0.25, 0.3) is 11.5 Å². The minimum Gasteiger partial charge on any atom is -0.381 e. The highest BCUT2D eigenvalue weighted by molar-refractivity contribution is 5.94. The summed E-state index contributed by atoms with van der Waals surface area (Å²) in [6.07, 6.45) is 4.90. The van der Waals surface area contributed by atoms with Crippen molar-refractivity contribution >= 4 is 16.7 Å². The topological polar surface area (TPSA) is 91.0 Å². The van der Waals surface area contributed by atoms with Crippen LogP contribution in [0.4, 0.5) is 4.39 Å². The first-order valence-electron chi connectivity index (χ1n) is 10.6. The third-order valence-electron chi connectivity index (χ3n) is 5.78. The average Bonchev–Trinajstić information content (AvgIpc) is 3.20. The van der Waals surface area contributed by atoms with Gasteiger partial charge in [0, 0.05) is 43.7 Å². The Bertz CT molecular complexity index is 1410. The number of carbonyl (C=O) groups is 1. The molecule has 1 aliphatic heterocycles. The van der Waals surface area contributed by atoms with E-state index < -0.39 is 5.82 Å². The molecule has 1 fully saturated rings. The fraction of sp³-hybridized carbons (Fsp3) is 0.250. The predicted molar refractivity (Wildman–Crippen MR) is 120 cm³/mol. The molecular weight excluding hydrogens is 425 g/mol. The minimum absolute atomic E-state index is 0.132. The molecule has 0 saturated carbocycles. The van der Waals surface area contributed by atoms with E-state index in [0.29, 0.717) is 42.3 Å². The number of benzene rings is 1. The molecule has 9 heteroatoms. The summed E-state index contributed by atoms with van der Waals surface area (Å²) < 4.78 is 22.5. The van der Waals surface area contributed by atoms with Crippen molar-refractivity contribution in [3.05, 3.63) is 82.3 Å². The standard InChI is InChI=1S/C24H22FN5O3/c1-29-22(2-4-28-29)21-9-17-3-5-30(24(32)20(17)11-26-21)12-15-6-18(8-19(25)7-15)23(31)27-10-16-13-33-14-16/h2-9,11,16H,10,12-14H2,1H3,(H,27,31). The Kier molecular flexibility index (Phi) is 5.47. The van der Waals surface area contributed by atoms with E-state index in [9.17, 15) is 14.0 Å². The number of halogens is 1. The van der Waals surface area contributed by atoms with E-state index in [4.69, 9.17) is 4.74 Å². The first kappa shape index (κ1) is 21.0. The van der Waals surface area contributed by atoms with Gasteiger partial charge in [-0.3, -0.25) is 19.3 Å². The maximum Gasteiger partial charge on any atom is 0.260 e. The molecule has 1 N–H and O–H groups in total. The number of nitrogens with zero attached hydrogens (tertiary/aromatic N) is 4. The van der Waals surface area contributed by atoms with Crippen LogP contribution in [0.5, 0.6) is 0 Å². The van der Waals surface area contributed by atoms with Crippen molar-refractivity contribution in [3.8, 4) is 11.4 Å². The highest BCUT2D eigenvalue weighted by Gasteiger charge is 2.19. The van der Waals surface area contributed by atoms with Gasteiger partial charge in [0.1, 0.15) is 5.82 Å². The summed E-state index contributed by atoms with van der Waals surface area (Å²) in [6.45, 7) is 1.87. The SMILES string of the molecule is Cn1nccc1-c1cc2ccn(Cc3cc(F)cc(C(=O)NCC4COC4)c3)c(=O)c2cn1. The van der Waals surface area contributed by atoms with Crippen molar-refractivity contribution in [2.75, 3.05) is 19.8 Å². The maximum absolute atomic E-state index is 14.2. The molecule has 0 aliphatic carbocycles. The van der Waals surface area contributed by atoms with Gasteiger partial charge in [0.2, 0.25) is 0 Å². The molecule has 0 spiro atoms. The number of ether oxygens (including phenoxy) is 1. The first-order valence-corrected chi connectivity index (χ1v) is 10.6. The highest BCUT2D eigenvalue weighted by Crippen LogP contribution is 2.20. The Balaban J connectivity index is 1.40. The lowest BCUT2D eigenvalue weighted by Crippen LogP contribution is -2.39. The zero-order valence-corrected chi connectivity index (χ0v) is 18.0. The van der Waals surface area contributed by atoms with Crippen LogP contribution in [0.2, 0.25) is 0 Å². The molecule has 1 saturated heterocycles. The normalized spacial score (nSPS) is 13.8. The van der Waals surface area contributed by atoms with Gasteiger partial charge in [-0.2, -0.15) is 5.10 Å². The van der Waals surface area contributed by atoms with Crippen molar-refractivity contribution in [2.45, 2.75) is 6.54 Å². The highest BCUT2D eigenvalue weighted by atomic mass is 19.1. The minimum atomic E-state index is -0.527. The van der Waals surface area contributed by atoms with E-state index in [1.807, 2.05) is 25.2 Å². The Morgan fingerprint density at radius 2 is 2.09 bits per heavy atom. The average molecular weight is 447 g/mol. The van der Waals surface area contributed by atoms with Gasteiger partial charge in [-0.15, -0.1) is 0 Å². The summed E-state index contributed by atoms with van der Waals surface area (Å²) in [4.78, 5) is 29.9. The predicted octanol–water partition coefficient (Wildman–Crippen LogP) is 2.36. The number of aryl methyl sites for hydroxylation is 1. The van der Waals surface area contributed by atoms with E-state index in [1.165, 1.54) is 16.7 Å². The van der Waals surface area contributed by atoms with Gasteiger partial charge in [-0.25, -0.2) is 4.39 Å². The summed E-state index contributed by atoms with van der Waals surface area (Å²) >= 11 is 0. The second-order valence-corrected chi connectivity index (χ2v) is 8.21. The zero-order chi connectivity index (χ0) is 22.9. The fourth-order valence-corrected chi connectivity index (χ4v) is 3.88. The molecule has 0 atom stereocenters. The largest absolute Gasteiger partial charge is 0.381 e. The van der Waals surface area contributed by atoms with E-state index >= 15 is 0 Å². The molecule has 4 heterocycles. The molecule has 4 aromatic rings. The van der Waals surface area contributed by atoms with Gasteiger partial charge >= 0.3 is 0 Å². The number of aromatic nitrogens is 4. The van der Waals surface area contributed by atoms with Crippen LogP contribution in [0.3, 0.4) is 0 Å². The number of hydrogen-bond donors (Lipinski definition) is 1. The van der Waals surface area contributed by atoms with E-state index in [1.54, 1.807) is 29.3 Å². The van der Waals surface area contributed by atoms with Crippen LogP contribution in [0.15, 0.2) is 59.8 Å². The third-order valence-corrected chi connectivity index (χ3v) is 5.78. The fourth-order valence-electron chi connectivity index (χ4n) is 3.88. The van der Waals surface area contributed by atoms with Gasteiger partial charge in [-0.1, -0.05) is 0 Å². The lowest BCUT2D eigenvalue weighted by Gasteiger charge is -2.25. The molecule has 0 bridgehead atoms. The molecule has 3 aromatic heterocycles. The van der Waals surface area contributed by atoms with Crippen molar-refractivity contribution < 1.29 is 13.9 Å². The molecule has 8 nitrogen and oxygen atoms in total. The van der Waals surface area contributed by atoms with E-state index in [-0.39, 0.29) is 23.6 Å². The van der Waals surface area contributed by atoms with Gasteiger partial charge in [-0.05, 0) is 47.3 Å². The van der Waals surface area contributed by atoms with Crippen molar-refractivity contribution in [2.24, 2.45) is 13.0 Å². The number of nitrogens with one attached hydrogen (secondary N) is 1. The summed E-state index contributed by atoms with van der Waals surface area (Å²) in [5.41, 5.74) is 2.07. The summed E-state index contributed by atoms with van der Waals surface area (Å²) in [5.74, 6) is -0.577. The Labute approximate surface area is 188 Å². The van der Waals surface area contributed by atoms with Crippen LogP contribution in [-0.4, -0.2) is 45.0 Å². The quantitative estimate of drug-likeness (QED) is 0.490. The maximum atomic E-state index is 14.2. The number of pyridine rings is 2. The van der Waals surface area contributed by atoms with Gasteiger partial charge < -0.3 is 14.6 Å². The molecule has 33 heavy (non-hydrogen) atoms. The summed E-state index contributed by atoms with van der Waals surface area (Å²) in [7, 11) is 1.83. The molecule has 1 aromatic carbocycles. The molecule has 168 valence electrons. The monoisotopic (exact) mass is 447 g/mol. The Hall–Kier alpha value is -3.85. The lowest BCUT2D eigenvalue weighted by molar-refractivity contribution is -0.0298. The Morgan fingerprint density at radius 1 is 1.24 bits per heavy atom. The second-order valence-electron chi connectivity index (χ2n) is 8.21. The van der Waals surface area contributed by atoms with Gasteiger partial charge in [0.05, 0.1) is 36.5 Å².